The molecule has 1 aliphatic carbocycles. The Hall–Kier alpha value is -1.64. The van der Waals surface area contributed by atoms with Crippen LogP contribution in [0.25, 0.3) is 0 Å². The Balaban J connectivity index is 1.98. The lowest BCUT2D eigenvalue weighted by Crippen LogP contribution is -2.25. The molecule has 1 atom stereocenters. The van der Waals surface area contributed by atoms with Crippen LogP contribution in [0, 0.1) is 0 Å². The van der Waals surface area contributed by atoms with Gasteiger partial charge >= 0.3 is 0 Å². The molecule has 0 amide bonds. The molecule has 0 radical (unpaired) electrons. The monoisotopic (exact) mass is 232 g/mol. The van der Waals surface area contributed by atoms with Gasteiger partial charge in [0.25, 0.3) is 0 Å². The first-order valence-corrected chi connectivity index (χ1v) is 5.94. The second-order valence-electron chi connectivity index (χ2n) is 4.46. The minimum Gasteiger partial charge on any atom is -0.490 e. The van der Waals surface area contributed by atoms with Crippen LogP contribution in [0.5, 0.6) is 5.75 Å². The van der Waals surface area contributed by atoms with Gasteiger partial charge in [0.2, 0.25) is 0 Å². The number of Topliss-reactive ketones (excluding diaryl/α,β-unsaturated/α-hetero) is 2. The molecule has 3 heteroatoms. The van der Waals surface area contributed by atoms with E-state index in [-0.39, 0.29) is 17.7 Å². The number of ketones is 2. The number of ether oxygens (including phenoxy) is 1. The van der Waals surface area contributed by atoms with Crippen molar-refractivity contribution in [2.45, 2.75) is 38.7 Å². The molecular formula is C14H16O3. The molecule has 0 aromatic heterocycles. The molecule has 1 fully saturated rings. The van der Waals surface area contributed by atoms with E-state index in [4.69, 9.17) is 4.74 Å². The molecule has 1 saturated carbocycles. The van der Waals surface area contributed by atoms with Crippen molar-refractivity contribution < 1.29 is 14.3 Å². The van der Waals surface area contributed by atoms with E-state index in [2.05, 4.69) is 0 Å². The molecule has 2 rings (SSSR count). The number of benzene rings is 1. The third kappa shape index (κ3) is 3.16. The van der Waals surface area contributed by atoms with Crippen LogP contribution in [0.2, 0.25) is 0 Å². The maximum atomic E-state index is 11.3. The van der Waals surface area contributed by atoms with E-state index >= 15 is 0 Å². The zero-order chi connectivity index (χ0) is 12.3. The summed E-state index contributed by atoms with van der Waals surface area (Å²) < 4.78 is 5.73. The van der Waals surface area contributed by atoms with E-state index in [1.807, 2.05) is 0 Å². The average Bonchev–Trinajstić information content (AvgIpc) is 2.29. The normalized spacial score (nSPS) is 20.1. The van der Waals surface area contributed by atoms with Crippen molar-refractivity contribution in [1.29, 1.82) is 0 Å². The summed E-state index contributed by atoms with van der Waals surface area (Å²) in [4.78, 5) is 22.4. The van der Waals surface area contributed by atoms with Gasteiger partial charge in [-0.05, 0) is 44.0 Å². The SMILES string of the molecule is CC(=O)c1ccc(OC2CCCC(=O)C2)cc1. The zero-order valence-electron chi connectivity index (χ0n) is 9.94. The van der Waals surface area contributed by atoms with Crippen molar-refractivity contribution in [2.24, 2.45) is 0 Å². The van der Waals surface area contributed by atoms with Gasteiger partial charge in [-0.3, -0.25) is 9.59 Å². The van der Waals surface area contributed by atoms with Gasteiger partial charge in [0.15, 0.2) is 5.78 Å². The quantitative estimate of drug-likeness (QED) is 0.752. The van der Waals surface area contributed by atoms with Gasteiger partial charge in [-0.2, -0.15) is 0 Å². The van der Waals surface area contributed by atoms with Gasteiger partial charge < -0.3 is 4.74 Å². The summed E-state index contributed by atoms with van der Waals surface area (Å²) >= 11 is 0. The molecule has 0 spiro atoms. The first-order valence-electron chi connectivity index (χ1n) is 5.94. The Kier molecular flexibility index (Phi) is 3.57. The Labute approximate surface area is 101 Å². The van der Waals surface area contributed by atoms with Crippen molar-refractivity contribution in [3.63, 3.8) is 0 Å². The minimum atomic E-state index is -0.000530. The number of rotatable bonds is 3. The zero-order valence-corrected chi connectivity index (χ0v) is 9.94. The summed E-state index contributed by atoms with van der Waals surface area (Å²) in [5.41, 5.74) is 0.678. The van der Waals surface area contributed by atoms with E-state index in [1.165, 1.54) is 6.92 Å². The highest BCUT2D eigenvalue weighted by Gasteiger charge is 2.20. The predicted octanol–water partition coefficient (Wildman–Crippen LogP) is 2.78. The highest BCUT2D eigenvalue weighted by Crippen LogP contribution is 2.22. The predicted molar refractivity (Wildman–Crippen MR) is 64.3 cm³/mol. The lowest BCUT2D eigenvalue weighted by molar-refractivity contribution is -0.122. The summed E-state index contributed by atoms with van der Waals surface area (Å²) in [5, 5.41) is 0. The van der Waals surface area contributed by atoms with Crippen molar-refractivity contribution in [1.82, 2.24) is 0 Å². The lowest BCUT2D eigenvalue weighted by atomic mass is 9.96. The van der Waals surface area contributed by atoms with Gasteiger partial charge in [-0.1, -0.05) is 0 Å². The van der Waals surface area contributed by atoms with Crippen LogP contribution in [-0.2, 0) is 4.79 Å². The molecule has 1 aromatic rings. The molecule has 1 unspecified atom stereocenters. The van der Waals surface area contributed by atoms with Crippen LogP contribution in [-0.4, -0.2) is 17.7 Å². The molecular weight excluding hydrogens is 216 g/mol. The van der Waals surface area contributed by atoms with Crippen LogP contribution < -0.4 is 4.74 Å². The van der Waals surface area contributed by atoms with E-state index in [0.717, 1.165) is 18.6 Å². The molecule has 0 aliphatic heterocycles. The Morgan fingerprint density at radius 2 is 2.00 bits per heavy atom. The van der Waals surface area contributed by atoms with Gasteiger partial charge in [0.1, 0.15) is 17.6 Å². The first kappa shape index (κ1) is 11.8. The highest BCUT2D eigenvalue weighted by molar-refractivity contribution is 5.94. The molecule has 1 aliphatic rings. The van der Waals surface area contributed by atoms with E-state index in [0.29, 0.717) is 18.4 Å². The topological polar surface area (TPSA) is 43.4 Å². The van der Waals surface area contributed by atoms with Crippen LogP contribution in [0.4, 0.5) is 0 Å². The standard InChI is InChI=1S/C14H16O3/c1-10(15)11-5-7-13(8-6-11)17-14-4-2-3-12(16)9-14/h5-8,14H,2-4,9H2,1H3. The fraction of sp³-hybridized carbons (Fsp3) is 0.429. The van der Waals surface area contributed by atoms with E-state index in [1.54, 1.807) is 24.3 Å². The molecule has 3 nitrogen and oxygen atoms in total. The largest absolute Gasteiger partial charge is 0.490 e. The van der Waals surface area contributed by atoms with Gasteiger partial charge in [0, 0.05) is 18.4 Å². The van der Waals surface area contributed by atoms with Gasteiger partial charge in [-0.25, -0.2) is 0 Å². The fourth-order valence-electron chi connectivity index (χ4n) is 2.05. The lowest BCUT2D eigenvalue weighted by Gasteiger charge is -2.22. The van der Waals surface area contributed by atoms with Crippen molar-refractivity contribution in [3.05, 3.63) is 29.8 Å². The molecule has 17 heavy (non-hydrogen) atoms. The van der Waals surface area contributed by atoms with Crippen LogP contribution in [0.15, 0.2) is 24.3 Å². The molecule has 0 saturated heterocycles. The first-order chi connectivity index (χ1) is 8.15. The molecule has 0 heterocycles. The summed E-state index contributed by atoms with van der Waals surface area (Å²) in [6, 6.07) is 7.08. The second kappa shape index (κ2) is 5.13. The van der Waals surface area contributed by atoms with Gasteiger partial charge in [0.05, 0.1) is 0 Å². The highest BCUT2D eigenvalue weighted by atomic mass is 16.5. The van der Waals surface area contributed by atoms with E-state index < -0.39 is 0 Å². The number of hydrogen-bond acceptors (Lipinski definition) is 3. The summed E-state index contributed by atoms with van der Waals surface area (Å²) in [6.07, 6.45) is 3.03. The molecule has 0 N–H and O–H groups in total. The number of hydrogen-bond donors (Lipinski definition) is 0. The van der Waals surface area contributed by atoms with Crippen molar-refractivity contribution in [2.75, 3.05) is 0 Å². The van der Waals surface area contributed by atoms with E-state index in [9.17, 15) is 9.59 Å². The Bertz CT molecular complexity index is 420. The Morgan fingerprint density at radius 1 is 1.29 bits per heavy atom. The smallest absolute Gasteiger partial charge is 0.159 e. The van der Waals surface area contributed by atoms with Crippen LogP contribution in [0.3, 0.4) is 0 Å². The maximum absolute atomic E-state index is 11.3. The summed E-state index contributed by atoms with van der Waals surface area (Å²) in [5.74, 6) is 1.06. The van der Waals surface area contributed by atoms with Crippen LogP contribution in [0.1, 0.15) is 43.0 Å². The summed E-state index contributed by atoms with van der Waals surface area (Å²) in [6.45, 7) is 1.54. The minimum absolute atomic E-state index is 0.000530. The maximum Gasteiger partial charge on any atom is 0.159 e. The van der Waals surface area contributed by atoms with Gasteiger partial charge in [-0.15, -0.1) is 0 Å². The molecule has 90 valence electrons. The third-order valence-corrected chi connectivity index (χ3v) is 3.00. The third-order valence-electron chi connectivity index (χ3n) is 3.00. The average molecular weight is 232 g/mol. The van der Waals surface area contributed by atoms with Crippen molar-refractivity contribution >= 4 is 11.6 Å². The van der Waals surface area contributed by atoms with Crippen LogP contribution >= 0.6 is 0 Å². The molecule has 1 aromatic carbocycles. The number of carbonyl (C=O) groups excluding carboxylic acids is 2. The second-order valence-corrected chi connectivity index (χ2v) is 4.46. The number of carbonyl (C=O) groups is 2. The Morgan fingerprint density at radius 3 is 2.59 bits per heavy atom. The molecule has 0 bridgehead atoms. The fourth-order valence-corrected chi connectivity index (χ4v) is 2.05. The van der Waals surface area contributed by atoms with Crippen molar-refractivity contribution in [3.8, 4) is 5.75 Å². The summed E-state index contributed by atoms with van der Waals surface area (Å²) in [7, 11) is 0.